The summed E-state index contributed by atoms with van der Waals surface area (Å²) in [4.78, 5) is 13.7. The van der Waals surface area contributed by atoms with Gasteiger partial charge in [-0.2, -0.15) is 0 Å². The van der Waals surface area contributed by atoms with E-state index in [1.807, 2.05) is 24.3 Å². The number of aldehydes is 1. The van der Waals surface area contributed by atoms with Crippen molar-refractivity contribution in [3.8, 4) is 5.75 Å². The van der Waals surface area contributed by atoms with E-state index in [1.54, 1.807) is 7.11 Å². The first-order valence-corrected chi connectivity index (χ1v) is 6.03. The summed E-state index contributed by atoms with van der Waals surface area (Å²) in [7, 11) is 3.76. The van der Waals surface area contributed by atoms with Crippen molar-refractivity contribution in [2.24, 2.45) is 5.92 Å². The van der Waals surface area contributed by atoms with Gasteiger partial charge >= 0.3 is 0 Å². The Morgan fingerprint density at radius 1 is 1.47 bits per heavy atom. The first-order chi connectivity index (χ1) is 8.26. The van der Waals surface area contributed by atoms with Crippen molar-refractivity contribution in [1.82, 2.24) is 4.90 Å². The highest BCUT2D eigenvalue weighted by Crippen LogP contribution is 2.34. The Labute approximate surface area is 102 Å². The molecule has 1 heterocycles. The highest BCUT2D eigenvalue weighted by atomic mass is 16.5. The third-order valence-electron chi connectivity index (χ3n) is 3.58. The van der Waals surface area contributed by atoms with Gasteiger partial charge < -0.3 is 14.4 Å². The van der Waals surface area contributed by atoms with Crippen molar-refractivity contribution in [3.63, 3.8) is 0 Å². The Morgan fingerprint density at radius 2 is 2.24 bits per heavy atom. The second kappa shape index (κ2) is 5.32. The molecule has 17 heavy (non-hydrogen) atoms. The maximum Gasteiger partial charge on any atom is 0.127 e. The van der Waals surface area contributed by atoms with Crippen LogP contribution in [0.3, 0.4) is 0 Å². The lowest BCUT2D eigenvalue weighted by Gasteiger charge is -2.20. The summed E-state index contributed by atoms with van der Waals surface area (Å²) in [5.74, 6) is 1.18. The predicted molar refractivity (Wildman–Crippen MR) is 67.4 cm³/mol. The molecule has 1 saturated heterocycles. The van der Waals surface area contributed by atoms with Gasteiger partial charge in [-0.3, -0.25) is 0 Å². The van der Waals surface area contributed by atoms with Crippen molar-refractivity contribution < 1.29 is 9.53 Å². The van der Waals surface area contributed by atoms with Crippen LogP contribution in [-0.4, -0.2) is 38.4 Å². The van der Waals surface area contributed by atoms with Crippen LogP contribution in [0, 0.1) is 5.92 Å². The van der Waals surface area contributed by atoms with Gasteiger partial charge in [-0.1, -0.05) is 18.2 Å². The van der Waals surface area contributed by atoms with Crippen molar-refractivity contribution in [2.45, 2.75) is 12.3 Å². The van der Waals surface area contributed by atoms with Crippen LogP contribution in [0.2, 0.25) is 0 Å². The summed E-state index contributed by atoms with van der Waals surface area (Å²) >= 11 is 0. The number of carbonyl (C=O) groups is 1. The zero-order valence-electron chi connectivity index (χ0n) is 10.4. The highest BCUT2D eigenvalue weighted by Gasteiger charge is 2.30. The van der Waals surface area contributed by atoms with Crippen molar-refractivity contribution in [1.29, 1.82) is 0 Å². The molecule has 0 saturated carbocycles. The molecule has 0 aliphatic carbocycles. The lowest BCUT2D eigenvalue weighted by molar-refractivity contribution is -0.110. The lowest BCUT2D eigenvalue weighted by atomic mass is 9.86. The summed E-state index contributed by atoms with van der Waals surface area (Å²) in [5, 5.41) is 0. The molecule has 0 amide bonds. The number of nitrogens with zero attached hydrogens (tertiary/aromatic N) is 1. The summed E-state index contributed by atoms with van der Waals surface area (Å²) in [6.45, 7) is 2.06. The van der Waals surface area contributed by atoms with Gasteiger partial charge in [-0.05, 0) is 32.0 Å². The van der Waals surface area contributed by atoms with E-state index >= 15 is 0 Å². The topological polar surface area (TPSA) is 29.5 Å². The van der Waals surface area contributed by atoms with Crippen LogP contribution < -0.4 is 4.74 Å². The molecule has 92 valence electrons. The summed E-state index contributed by atoms with van der Waals surface area (Å²) in [5.41, 5.74) is 1.02. The van der Waals surface area contributed by atoms with E-state index in [2.05, 4.69) is 11.9 Å². The van der Waals surface area contributed by atoms with Gasteiger partial charge in [-0.25, -0.2) is 0 Å². The maximum atomic E-state index is 11.4. The van der Waals surface area contributed by atoms with E-state index in [0.717, 1.165) is 37.1 Å². The normalized spacial score (nSPS) is 22.4. The minimum Gasteiger partial charge on any atom is -0.496 e. The molecule has 1 fully saturated rings. The second-order valence-corrected chi connectivity index (χ2v) is 4.71. The van der Waals surface area contributed by atoms with Crippen molar-refractivity contribution >= 4 is 6.29 Å². The molecular weight excluding hydrogens is 214 g/mol. The molecule has 3 heteroatoms. The molecule has 2 unspecified atom stereocenters. The number of para-hydroxylation sites is 1. The number of rotatable bonds is 4. The second-order valence-electron chi connectivity index (χ2n) is 4.71. The average Bonchev–Trinajstić information content (AvgIpc) is 2.77. The molecule has 0 aromatic heterocycles. The van der Waals surface area contributed by atoms with E-state index in [-0.39, 0.29) is 5.92 Å². The Hall–Kier alpha value is -1.35. The molecule has 0 bridgehead atoms. The molecule has 1 aliphatic rings. The average molecular weight is 233 g/mol. The van der Waals surface area contributed by atoms with Gasteiger partial charge in [0.2, 0.25) is 0 Å². The molecule has 1 aliphatic heterocycles. The first-order valence-electron chi connectivity index (χ1n) is 6.03. The zero-order valence-corrected chi connectivity index (χ0v) is 10.4. The van der Waals surface area contributed by atoms with Gasteiger partial charge in [-0.15, -0.1) is 0 Å². The number of hydrogen-bond donors (Lipinski definition) is 0. The number of ether oxygens (including phenoxy) is 1. The standard InChI is InChI=1S/C14H19NO2/c1-15-8-7-11(9-15)13(10-16)12-5-3-4-6-14(12)17-2/h3-6,10-11,13H,7-9H2,1-2H3. The number of methoxy groups -OCH3 is 1. The van der Waals surface area contributed by atoms with E-state index < -0.39 is 0 Å². The first kappa shape index (κ1) is 12.1. The van der Waals surface area contributed by atoms with E-state index in [1.165, 1.54) is 0 Å². The number of benzene rings is 1. The van der Waals surface area contributed by atoms with Gasteiger partial charge in [0.15, 0.2) is 0 Å². The lowest BCUT2D eigenvalue weighted by Crippen LogP contribution is -2.19. The van der Waals surface area contributed by atoms with Gasteiger partial charge in [0.25, 0.3) is 0 Å². The maximum absolute atomic E-state index is 11.4. The van der Waals surface area contributed by atoms with Crippen LogP contribution in [0.1, 0.15) is 17.9 Å². The SMILES string of the molecule is COc1ccccc1C(C=O)C1CCN(C)C1. The molecule has 0 N–H and O–H groups in total. The molecule has 2 rings (SSSR count). The number of carbonyl (C=O) groups excluding carboxylic acids is 1. The fraction of sp³-hybridized carbons (Fsp3) is 0.500. The van der Waals surface area contributed by atoms with E-state index in [9.17, 15) is 4.79 Å². The van der Waals surface area contributed by atoms with E-state index in [4.69, 9.17) is 4.74 Å². The monoisotopic (exact) mass is 233 g/mol. The van der Waals surface area contributed by atoms with Crippen LogP contribution in [0.5, 0.6) is 5.75 Å². The van der Waals surface area contributed by atoms with Gasteiger partial charge in [0, 0.05) is 18.0 Å². The van der Waals surface area contributed by atoms with Crippen LogP contribution in [0.15, 0.2) is 24.3 Å². The third-order valence-corrected chi connectivity index (χ3v) is 3.58. The Balaban J connectivity index is 2.25. The Morgan fingerprint density at radius 3 is 2.82 bits per heavy atom. The number of likely N-dealkylation sites (tertiary alicyclic amines) is 1. The van der Waals surface area contributed by atoms with Crippen molar-refractivity contribution in [3.05, 3.63) is 29.8 Å². The fourth-order valence-electron chi connectivity index (χ4n) is 2.64. The molecule has 1 aromatic rings. The fourth-order valence-corrected chi connectivity index (χ4v) is 2.64. The van der Waals surface area contributed by atoms with Gasteiger partial charge in [0.05, 0.1) is 7.11 Å². The molecule has 0 spiro atoms. The third kappa shape index (κ3) is 2.50. The van der Waals surface area contributed by atoms with Crippen LogP contribution in [0.25, 0.3) is 0 Å². The zero-order chi connectivity index (χ0) is 12.3. The van der Waals surface area contributed by atoms with E-state index in [0.29, 0.717) is 5.92 Å². The predicted octanol–water partition coefficient (Wildman–Crippen LogP) is 1.93. The Bertz CT molecular complexity index is 392. The molecule has 3 nitrogen and oxygen atoms in total. The number of hydrogen-bond acceptors (Lipinski definition) is 3. The van der Waals surface area contributed by atoms with Crippen molar-refractivity contribution in [2.75, 3.05) is 27.2 Å². The summed E-state index contributed by atoms with van der Waals surface area (Å²) in [6, 6.07) is 7.82. The van der Waals surface area contributed by atoms with Gasteiger partial charge in [0.1, 0.15) is 12.0 Å². The van der Waals surface area contributed by atoms with Crippen LogP contribution >= 0.6 is 0 Å². The summed E-state index contributed by atoms with van der Waals surface area (Å²) in [6.07, 6.45) is 2.15. The Kier molecular flexibility index (Phi) is 3.79. The molecule has 1 aromatic carbocycles. The largest absolute Gasteiger partial charge is 0.496 e. The minimum absolute atomic E-state index is 0.0453. The minimum atomic E-state index is -0.0453. The molecular formula is C14H19NO2. The summed E-state index contributed by atoms with van der Waals surface area (Å²) < 4.78 is 5.34. The molecule has 2 atom stereocenters. The van der Waals surface area contributed by atoms with Crippen LogP contribution in [-0.2, 0) is 4.79 Å². The quantitative estimate of drug-likeness (QED) is 0.744. The highest BCUT2D eigenvalue weighted by molar-refractivity contribution is 5.65. The molecule has 0 radical (unpaired) electrons. The smallest absolute Gasteiger partial charge is 0.127 e. The van der Waals surface area contributed by atoms with Crippen LogP contribution in [0.4, 0.5) is 0 Å².